The van der Waals surface area contributed by atoms with E-state index in [0.717, 1.165) is 5.39 Å². The Kier molecular flexibility index (Phi) is 7.47. The Hall–Kier alpha value is -1.68. The molecule has 0 aliphatic heterocycles. The van der Waals surface area contributed by atoms with Crippen LogP contribution in [0.1, 0.15) is 60.1 Å². The number of thiol groups is 1. The number of rotatable bonds is 6. The minimum atomic E-state index is -3.15. The van der Waals surface area contributed by atoms with E-state index >= 15 is 0 Å². The molecule has 2 rings (SSSR count). The van der Waals surface area contributed by atoms with Crippen LogP contribution in [0.15, 0.2) is 30.3 Å². The normalized spacial score (nSPS) is 15.3. The molecular formula is C22H35NO6SSi. The van der Waals surface area contributed by atoms with E-state index in [9.17, 15) is 13.2 Å². The van der Waals surface area contributed by atoms with Gasteiger partial charge in [0.2, 0.25) is 0 Å². The second-order valence-corrected chi connectivity index (χ2v) is 15.7. The predicted molar refractivity (Wildman–Crippen MR) is 125 cm³/mol. The van der Waals surface area contributed by atoms with Crippen LogP contribution < -0.4 is 0 Å². The summed E-state index contributed by atoms with van der Waals surface area (Å²) < 4.78 is 41.7. The highest BCUT2D eigenvalue weighted by atomic mass is 32.2. The van der Waals surface area contributed by atoms with Crippen molar-refractivity contribution in [3.63, 3.8) is 0 Å². The maximum absolute atomic E-state index is 13.1. The van der Waals surface area contributed by atoms with E-state index in [1.165, 1.54) is 4.57 Å². The van der Waals surface area contributed by atoms with Crippen LogP contribution in [-0.4, -0.2) is 39.3 Å². The topological polar surface area (TPSA) is 83.8 Å². The van der Waals surface area contributed by atoms with Gasteiger partial charge < -0.3 is 9.16 Å². The van der Waals surface area contributed by atoms with Crippen molar-refractivity contribution >= 4 is 36.3 Å². The Balaban J connectivity index is 2.58. The molecule has 7 nitrogen and oxygen atoms in total. The van der Waals surface area contributed by atoms with Crippen LogP contribution in [0.4, 0.5) is 4.79 Å². The Bertz CT molecular complexity index is 1010. The van der Waals surface area contributed by atoms with Crippen molar-refractivity contribution in [2.24, 2.45) is 0 Å². The van der Waals surface area contributed by atoms with Crippen molar-refractivity contribution in [2.75, 3.05) is 0 Å². The number of ether oxygens (including phenoxy) is 1. The van der Waals surface area contributed by atoms with Gasteiger partial charge in [-0.3, -0.25) is 0 Å². The van der Waals surface area contributed by atoms with Crippen LogP contribution >= 0.6 is 0 Å². The lowest BCUT2D eigenvalue weighted by Crippen LogP contribution is -2.46. The van der Waals surface area contributed by atoms with Crippen molar-refractivity contribution in [3.05, 3.63) is 36.0 Å². The molecular weight excluding hydrogens is 434 g/mol. The van der Waals surface area contributed by atoms with Crippen molar-refractivity contribution in [1.82, 2.24) is 4.57 Å². The van der Waals surface area contributed by atoms with E-state index in [2.05, 4.69) is 20.8 Å². The Morgan fingerprint density at radius 1 is 1.06 bits per heavy atom. The highest BCUT2D eigenvalue weighted by Crippen LogP contribution is 2.40. The molecule has 1 heterocycles. The predicted octanol–water partition coefficient (Wildman–Crippen LogP) is 5.42. The monoisotopic (exact) mass is 469 g/mol. The van der Waals surface area contributed by atoms with Gasteiger partial charge in [0.1, 0.15) is 5.60 Å². The third-order valence-corrected chi connectivity index (χ3v) is 10.4. The lowest BCUT2D eigenvalue weighted by Gasteiger charge is -2.39. The van der Waals surface area contributed by atoms with Gasteiger partial charge in [-0.05, 0) is 51.0 Å². The van der Waals surface area contributed by atoms with Crippen LogP contribution in [0.5, 0.6) is 0 Å². The van der Waals surface area contributed by atoms with E-state index in [-0.39, 0.29) is 5.04 Å². The number of carbonyl (C=O) groups is 1. The first-order valence-corrected chi connectivity index (χ1v) is 14.4. The summed E-state index contributed by atoms with van der Waals surface area (Å²) in [5.41, 5.74) is 0.557. The largest absolute Gasteiger partial charge is 0.443 e. The third-order valence-electron chi connectivity index (χ3n) is 5.60. The first-order chi connectivity index (χ1) is 14.0. The van der Waals surface area contributed by atoms with Crippen molar-refractivity contribution in [2.45, 2.75) is 84.4 Å². The number of para-hydroxylation sites is 1. The summed E-state index contributed by atoms with van der Waals surface area (Å²) in [4.78, 5) is 13.1. The molecule has 1 aromatic heterocycles. The average molecular weight is 470 g/mol. The summed E-state index contributed by atoms with van der Waals surface area (Å²) in [5, 5.41) is 0.688. The molecule has 0 saturated carbocycles. The van der Waals surface area contributed by atoms with Crippen LogP contribution in [0.25, 0.3) is 10.9 Å². The maximum Gasteiger partial charge on any atom is 0.419 e. The highest BCUT2D eigenvalue weighted by Gasteiger charge is 2.42. The summed E-state index contributed by atoms with van der Waals surface area (Å²) in [6.45, 7) is 17.4. The Morgan fingerprint density at radius 3 is 2.16 bits per heavy atom. The average Bonchev–Trinajstić information content (AvgIpc) is 2.97. The lowest BCUT2D eigenvalue weighted by atomic mass is 10.1. The molecule has 0 spiro atoms. The molecule has 0 aliphatic carbocycles. The van der Waals surface area contributed by atoms with Gasteiger partial charge in [-0.25, -0.2) is 22.0 Å². The molecule has 2 unspecified atom stereocenters. The molecule has 0 amide bonds. The molecule has 9 heteroatoms. The van der Waals surface area contributed by atoms with Crippen LogP contribution in [-0.2, 0) is 24.3 Å². The summed E-state index contributed by atoms with van der Waals surface area (Å²) >= 11 is 0. The van der Waals surface area contributed by atoms with Crippen LogP contribution in [0.2, 0.25) is 18.1 Å². The number of hydrogen-bond donors (Lipinski definition) is 1. The zero-order chi connectivity index (χ0) is 23.8. The third kappa shape index (κ3) is 6.18. The van der Waals surface area contributed by atoms with Gasteiger partial charge in [-0.1, -0.05) is 45.9 Å². The minimum Gasteiger partial charge on any atom is -0.443 e. The van der Waals surface area contributed by atoms with Crippen LogP contribution in [0, 0.1) is 0 Å². The number of nitrogens with zero attached hydrogens (tertiary/aromatic N) is 1. The molecule has 1 aromatic carbocycles. The fourth-order valence-electron chi connectivity index (χ4n) is 2.93. The molecule has 0 fully saturated rings. The summed E-state index contributed by atoms with van der Waals surface area (Å²) in [7, 11) is -5.52. The zero-order valence-electron chi connectivity index (χ0n) is 19.9. The van der Waals surface area contributed by atoms with Gasteiger partial charge in [0.05, 0.1) is 5.52 Å². The summed E-state index contributed by atoms with van der Waals surface area (Å²) in [5.74, 6) is -0.554. The highest BCUT2D eigenvalue weighted by molar-refractivity contribution is 7.67. The smallest absolute Gasteiger partial charge is 0.419 e. The molecule has 2 aromatic rings. The Labute approximate surface area is 188 Å². The van der Waals surface area contributed by atoms with Crippen molar-refractivity contribution in [3.8, 4) is 0 Å². The van der Waals surface area contributed by atoms with E-state index < -0.39 is 43.2 Å². The van der Waals surface area contributed by atoms with Gasteiger partial charge >= 0.3 is 6.09 Å². The summed E-state index contributed by atoms with van der Waals surface area (Å²) in [6, 6.07) is 9.30. The van der Waals surface area contributed by atoms with Crippen molar-refractivity contribution < 1.29 is 26.6 Å². The molecule has 0 saturated heterocycles. The molecule has 174 valence electrons. The summed E-state index contributed by atoms with van der Waals surface area (Å²) in [6.07, 6.45) is -1.60. The first kappa shape index (κ1) is 25.6. The fourth-order valence-corrected chi connectivity index (χ4v) is 4.59. The lowest BCUT2D eigenvalue weighted by molar-refractivity contribution is -0.0160. The fraction of sp³-hybridized carbons (Fsp3) is 0.591. The zero-order valence-corrected chi connectivity index (χ0v) is 21.8. The number of hydrogen-bond acceptors (Lipinski definition) is 6. The number of aromatic nitrogens is 1. The molecule has 0 aliphatic rings. The quantitative estimate of drug-likeness (QED) is 0.345. The van der Waals surface area contributed by atoms with E-state index in [0.29, 0.717) is 11.2 Å². The minimum absolute atomic E-state index is 0.152. The first-order valence-electron chi connectivity index (χ1n) is 10.4. The van der Waals surface area contributed by atoms with Crippen LogP contribution in [0.3, 0.4) is 0 Å². The van der Waals surface area contributed by atoms with Gasteiger partial charge in [0.15, 0.2) is 14.6 Å². The standard InChI is InChI=1S/C22H35NO6SSi/c1-15(19(28-30(25)26)29-31(8,9)22(5,6)7)18-14-16-12-10-11-13-17(16)23(18)20(24)27-21(2,3)4/h10-15,19,30H,1-9H3. The number of fused-ring (bicyclic) bond motifs is 1. The number of carbonyl (C=O) groups excluding carboxylic acids is 1. The van der Waals surface area contributed by atoms with Crippen molar-refractivity contribution in [1.29, 1.82) is 0 Å². The molecule has 2 atom stereocenters. The van der Waals surface area contributed by atoms with E-state index in [1.54, 1.807) is 27.7 Å². The van der Waals surface area contributed by atoms with Gasteiger partial charge in [0.25, 0.3) is 11.0 Å². The molecule has 0 bridgehead atoms. The molecule has 0 radical (unpaired) electrons. The van der Waals surface area contributed by atoms with E-state index in [4.69, 9.17) is 13.3 Å². The second kappa shape index (κ2) is 9.05. The molecule has 31 heavy (non-hydrogen) atoms. The molecule has 0 N–H and O–H groups in total. The van der Waals surface area contributed by atoms with Gasteiger partial charge in [-0.2, -0.15) is 0 Å². The SMILES string of the molecule is CC(c1cc2ccccc2n1C(=O)OC(C)(C)C)C(O[SH](=O)=O)O[Si](C)(C)C(C)(C)C. The van der Waals surface area contributed by atoms with Gasteiger partial charge in [0, 0.05) is 17.0 Å². The number of benzene rings is 1. The van der Waals surface area contributed by atoms with E-state index in [1.807, 2.05) is 43.4 Å². The maximum atomic E-state index is 13.1. The Morgan fingerprint density at radius 2 is 1.65 bits per heavy atom. The second-order valence-electron chi connectivity index (χ2n) is 10.3. The van der Waals surface area contributed by atoms with Gasteiger partial charge in [-0.15, -0.1) is 0 Å².